The number of nitrogens with one attached hydrogen (secondary N) is 1. The summed E-state index contributed by atoms with van der Waals surface area (Å²) in [5.74, 6) is 0.838. The Morgan fingerprint density at radius 2 is 1.97 bits per heavy atom. The number of benzene rings is 1. The van der Waals surface area contributed by atoms with Crippen LogP contribution in [0.15, 0.2) is 35.3 Å². The SMILES string of the molecule is Cc1cc(-c2nc3cc(CN[C@H](C(=O)OC(C)C)[C@@H](C)O)ccc3n2CC2CCOCC2)cn(C)c1=O. The number of carbonyl (C=O) groups excluding carboxylic acids is 1. The molecule has 9 heteroatoms. The monoisotopic (exact) mass is 510 g/mol. The molecule has 0 saturated carbocycles. The zero-order chi connectivity index (χ0) is 26.7. The van der Waals surface area contributed by atoms with E-state index in [-0.39, 0.29) is 11.7 Å². The summed E-state index contributed by atoms with van der Waals surface area (Å²) in [7, 11) is 1.76. The smallest absolute Gasteiger partial charge is 0.326 e. The Morgan fingerprint density at radius 3 is 2.62 bits per heavy atom. The fourth-order valence-electron chi connectivity index (χ4n) is 4.86. The number of hydrogen-bond donors (Lipinski definition) is 2. The maximum absolute atomic E-state index is 12.4. The number of pyridine rings is 1. The van der Waals surface area contributed by atoms with E-state index in [0.29, 0.717) is 18.0 Å². The van der Waals surface area contributed by atoms with Crippen molar-refractivity contribution in [2.24, 2.45) is 13.0 Å². The van der Waals surface area contributed by atoms with Crippen LogP contribution in [-0.4, -0.2) is 56.7 Å². The highest BCUT2D eigenvalue weighted by molar-refractivity contribution is 5.81. The maximum atomic E-state index is 12.4. The van der Waals surface area contributed by atoms with E-state index in [1.807, 2.05) is 31.3 Å². The summed E-state index contributed by atoms with van der Waals surface area (Å²) in [6.45, 7) is 9.69. The molecular weight excluding hydrogens is 472 g/mol. The van der Waals surface area contributed by atoms with Gasteiger partial charge in [0.2, 0.25) is 0 Å². The first-order valence-corrected chi connectivity index (χ1v) is 13.0. The highest BCUT2D eigenvalue weighted by Crippen LogP contribution is 2.29. The summed E-state index contributed by atoms with van der Waals surface area (Å²) in [5, 5.41) is 13.3. The predicted molar refractivity (Wildman–Crippen MR) is 142 cm³/mol. The third kappa shape index (κ3) is 6.29. The number of aromatic nitrogens is 3. The van der Waals surface area contributed by atoms with Crippen molar-refractivity contribution in [1.29, 1.82) is 0 Å². The van der Waals surface area contributed by atoms with Gasteiger partial charge in [0.25, 0.3) is 5.56 Å². The Kier molecular flexibility index (Phi) is 8.46. The molecule has 1 fully saturated rings. The van der Waals surface area contributed by atoms with Crippen molar-refractivity contribution in [2.75, 3.05) is 13.2 Å². The van der Waals surface area contributed by atoms with Crippen LogP contribution in [0.1, 0.15) is 44.7 Å². The number of esters is 1. The van der Waals surface area contributed by atoms with Gasteiger partial charge in [-0.3, -0.25) is 14.9 Å². The summed E-state index contributed by atoms with van der Waals surface area (Å²) in [6.07, 6.45) is 2.69. The highest BCUT2D eigenvalue weighted by atomic mass is 16.5. The van der Waals surface area contributed by atoms with Crippen molar-refractivity contribution < 1.29 is 19.4 Å². The summed E-state index contributed by atoms with van der Waals surface area (Å²) < 4.78 is 14.7. The predicted octanol–water partition coefficient (Wildman–Crippen LogP) is 2.93. The fraction of sp³-hybridized carbons (Fsp3) is 0.536. The Hall–Kier alpha value is -3.01. The largest absolute Gasteiger partial charge is 0.462 e. The highest BCUT2D eigenvalue weighted by Gasteiger charge is 2.26. The quantitative estimate of drug-likeness (QED) is 0.426. The van der Waals surface area contributed by atoms with Gasteiger partial charge in [-0.1, -0.05) is 6.07 Å². The molecule has 0 amide bonds. The van der Waals surface area contributed by atoms with E-state index in [0.717, 1.165) is 60.6 Å². The van der Waals surface area contributed by atoms with Crippen molar-refractivity contribution in [3.05, 3.63) is 51.9 Å². The molecule has 2 N–H and O–H groups in total. The third-order valence-corrected chi connectivity index (χ3v) is 6.83. The van der Waals surface area contributed by atoms with Crippen molar-refractivity contribution in [2.45, 2.75) is 71.9 Å². The first-order valence-electron chi connectivity index (χ1n) is 13.0. The van der Waals surface area contributed by atoms with E-state index in [4.69, 9.17) is 14.5 Å². The molecule has 0 spiro atoms. The molecule has 1 saturated heterocycles. The van der Waals surface area contributed by atoms with Crippen LogP contribution in [0.5, 0.6) is 0 Å². The van der Waals surface area contributed by atoms with Crippen molar-refractivity contribution in [1.82, 2.24) is 19.4 Å². The minimum atomic E-state index is -0.895. The first-order chi connectivity index (χ1) is 17.6. The zero-order valence-electron chi connectivity index (χ0n) is 22.4. The Labute approximate surface area is 217 Å². The first kappa shape index (κ1) is 27.0. The van der Waals surface area contributed by atoms with Gasteiger partial charge in [0.1, 0.15) is 11.9 Å². The lowest BCUT2D eigenvalue weighted by Crippen LogP contribution is -2.46. The van der Waals surface area contributed by atoms with Gasteiger partial charge in [0.15, 0.2) is 0 Å². The van der Waals surface area contributed by atoms with E-state index < -0.39 is 18.1 Å². The van der Waals surface area contributed by atoms with Gasteiger partial charge in [-0.2, -0.15) is 0 Å². The molecule has 0 aliphatic carbocycles. The van der Waals surface area contributed by atoms with E-state index in [1.165, 1.54) is 0 Å². The van der Waals surface area contributed by atoms with Crippen LogP contribution < -0.4 is 10.9 Å². The lowest BCUT2D eigenvalue weighted by atomic mass is 10.00. The minimum Gasteiger partial charge on any atom is -0.462 e. The van der Waals surface area contributed by atoms with Gasteiger partial charge >= 0.3 is 5.97 Å². The number of rotatable bonds is 9. The third-order valence-electron chi connectivity index (χ3n) is 6.83. The van der Waals surface area contributed by atoms with E-state index in [9.17, 15) is 14.7 Å². The van der Waals surface area contributed by atoms with Crippen molar-refractivity contribution in [3.8, 4) is 11.4 Å². The number of aliphatic hydroxyl groups is 1. The van der Waals surface area contributed by atoms with Crippen LogP contribution in [-0.2, 0) is 34.4 Å². The molecule has 9 nitrogen and oxygen atoms in total. The normalized spacial score (nSPS) is 16.3. The molecular formula is C28H38N4O5. The van der Waals surface area contributed by atoms with Gasteiger partial charge in [0, 0.05) is 50.7 Å². The molecule has 3 aromatic rings. The zero-order valence-corrected chi connectivity index (χ0v) is 22.4. The number of aliphatic hydroxyl groups excluding tert-OH is 1. The lowest BCUT2D eigenvalue weighted by molar-refractivity contribution is -0.152. The molecule has 0 unspecified atom stereocenters. The minimum absolute atomic E-state index is 0.0205. The van der Waals surface area contributed by atoms with Gasteiger partial charge in [-0.05, 0) is 70.2 Å². The average molecular weight is 511 g/mol. The van der Waals surface area contributed by atoms with Gasteiger partial charge in [0.05, 0.1) is 23.2 Å². The number of nitrogens with zero attached hydrogens (tertiary/aromatic N) is 3. The molecule has 2 atom stereocenters. The maximum Gasteiger partial charge on any atom is 0.326 e. The lowest BCUT2D eigenvalue weighted by Gasteiger charge is -2.23. The number of hydrogen-bond acceptors (Lipinski definition) is 7. The van der Waals surface area contributed by atoms with E-state index in [2.05, 4.69) is 16.0 Å². The molecule has 1 aromatic carbocycles. The van der Waals surface area contributed by atoms with E-state index in [1.54, 1.807) is 32.4 Å². The molecule has 1 aliphatic heterocycles. The molecule has 0 radical (unpaired) electrons. The molecule has 1 aliphatic rings. The second-order valence-electron chi connectivity index (χ2n) is 10.3. The summed E-state index contributed by atoms with van der Waals surface area (Å²) >= 11 is 0. The van der Waals surface area contributed by atoms with Gasteiger partial charge in [-0.25, -0.2) is 4.98 Å². The van der Waals surface area contributed by atoms with Crippen molar-refractivity contribution in [3.63, 3.8) is 0 Å². The summed E-state index contributed by atoms with van der Waals surface area (Å²) in [4.78, 5) is 29.7. The summed E-state index contributed by atoms with van der Waals surface area (Å²) in [6, 6.07) is 7.16. The number of fused-ring (bicyclic) bond motifs is 1. The molecule has 4 rings (SSSR count). The van der Waals surface area contributed by atoms with Gasteiger partial charge in [-0.15, -0.1) is 0 Å². The van der Waals surface area contributed by atoms with E-state index >= 15 is 0 Å². The Balaban J connectivity index is 1.67. The van der Waals surface area contributed by atoms with Crippen LogP contribution in [0.25, 0.3) is 22.4 Å². The number of carbonyl (C=O) groups is 1. The standard InChI is InChI=1S/C28H38N4O5/c1-17(2)37-28(35)25(19(4)33)29-14-21-6-7-24-23(13-21)30-26(22-12-18(3)27(34)31(5)16-22)32(24)15-20-8-10-36-11-9-20/h6-7,12-13,16-17,19-20,25,29,33H,8-11,14-15H2,1-5H3/t19-,25+/m1/s1. The summed E-state index contributed by atoms with van der Waals surface area (Å²) in [5.41, 5.74) is 4.34. The molecule has 2 aromatic heterocycles. The molecule has 0 bridgehead atoms. The average Bonchev–Trinajstić information content (AvgIpc) is 3.19. The van der Waals surface area contributed by atoms with Crippen LogP contribution in [0, 0.1) is 12.8 Å². The molecule has 3 heterocycles. The molecule has 200 valence electrons. The topological polar surface area (TPSA) is 108 Å². The number of ether oxygens (including phenoxy) is 2. The number of aryl methyl sites for hydroxylation is 2. The van der Waals surface area contributed by atoms with Crippen LogP contribution >= 0.6 is 0 Å². The van der Waals surface area contributed by atoms with Crippen molar-refractivity contribution >= 4 is 17.0 Å². The van der Waals surface area contributed by atoms with Gasteiger partial charge < -0.3 is 23.7 Å². The second-order valence-corrected chi connectivity index (χ2v) is 10.3. The van der Waals surface area contributed by atoms with Crippen LogP contribution in [0.3, 0.4) is 0 Å². The number of imidazole rings is 1. The fourth-order valence-corrected chi connectivity index (χ4v) is 4.86. The van der Waals surface area contributed by atoms with Crippen LogP contribution in [0.2, 0.25) is 0 Å². The second kappa shape index (κ2) is 11.6. The Bertz CT molecular complexity index is 1280. The molecule has 37 heavy (non-hydrogen) atoms. The van der Waals surface area contributed by atoms with Crippen LogP contribution in [0.4, 0.5) is 0 Å². The Morgan fingerprint density at radius 1 is 1.24 bits per heavy atom.